The van der Waals surface area contributed by atoms with Crippen molar-refractivity contribution in [2.45, 2.75) is 64.2 Å². The van der Waals surface area contributed by atoms with Gasteiger partial charge in [0.1, 0.15) is 0 Å². The molecule has 0 aromatic rings. The van der Waals surface area contributed by atoms with Gasteiger partial charge in [0.05, 0.1) is 25.4 Å². The minimum atomic E-state index is -0.416. The molecule has 1 saturated carbocycles. The number of hydrogen-bond acceptors (Lipinski definition) is 4. The van der Waals surface area contributed by atoms with Gasteiger partial charge in [0, 0.05) is 19.2 Å². The van der Waals surface area contributed by atoms with E-state index in [0.29, 0.717) is 31.7 Å². The van der Waals surface area contributed by atoms with Crippen LogP contribution in [0.5, 0.6) is 0 Å². The highest BCUT2D eigenvalue weighted by molar-refractivity contribution is 4.82. The summed E-state index contributed by atoms with van der Waals surface area (Å²) in [6.45, 7) is 7.17. The molecule has 4 nitrogen and oxygen atoms in total. The van der Waals surface area contributed by atoms with Gasteiger partial charge in [0.2, 0.25) is 0 Å². The van der Waals surface area contributed by atoms with E-state index in [9.17, 15) is 5.11 Å². The molecular weight excluding hydrogens is 254 g/mol. The van der Waals surface area contributed by atoms with Gasteiger partial charge in [-0.2, -0.15) is 0 Å². The predicted octanol–water partition coefficient (Wildman–Crippen LogP) is 1.96. The summed E-state index contributed by atoms with van der Waals surface area (Å²) in [7, 11) is 0. The maximum Gasteiger partial charge on any atom is 0.0897 e. The lowest BCUT2D eigenvalue weighted by molar-refractivity contribution is -0.0178. The lowest BCUT2D eigenvalue weighted by atomic mass is 9.78. The van der Waals surface area contributed by atoms with Crippen LogP contribution in [0.15, 0.2) is 0 Å². The zero-order chi connectivity index (χ0) is 14.4. The lowest BCUT2D eigenvalue weighted by Crippen LogP contribution is -2.44. The van der Waals surface area contributed by atoms with Gasteiger partial charge in [-0.15, -0.1) is 0 Å². The van der Waals surface area contributed by atoms with Crippen molar-refractivity contribution in [3.63, 3.8) is 0 Å². The Labute approximate surface area is 123 Å². The number of ether oxygens (including phenoxy) is 2. The van der Waals surface area contributed by atoms with Crippen molar-refractivity contribution in [1.82, 2.24) is 5.32 Å². The molecule has 1 saturated heterocycles. The van der Waals surface area contributed by atoms with Gasteiger partial charge < -0.3 is 19.9 Å². The average Bonchev–Trinajstić information content (AvgIpc) is 2.94. The SMILES string of the molecule is CC1CCCC(NCC(O)COCC2CCCO2)C1C. The number of rotatable bonds is 7. The molecule has 0 bridgehead atoms. The van der Waals surface area contributed by atoms with Crippen LogP contribution >= 0.6 is 0 Å². The molecule has 0 amide bonds. The fourth-order valence-electron chi connectivity index (χ4n) is 3.33. The minimum absolute atomic E-state index is 0.245. The number of nitrogens with one attached hydrogen (secondary N) is 1. The van der Waals surface area contributed by atoms with Crippen molar-refractivity contribution in [2.24, 2.45) is 11.8 Å². The summed E-state index contributed by atoms with van der Waals surface area (Å²) in [5.41, 5.74) is 0. The van der Waals surface area contributed by atoms with Gasteiger partial charge in [-0.1, -0.05) is 26.7 Å². The van der Waals surface area contributed by atoms with E-state index in [1.165, 1.54) is 19.3 Å². The Balaban J connectivity index is 1.56. The molecule has 1 heterocycles. The molecule has 4 heteroatoms. The van der Waals surface area contributed by atoms with Crippen molar-refractivity contribution in [2.75, 3.05) is 26.4 Å². The lowest BCUT2D eigenvalue weighted by Gasteiger charge is -2.35. The van der Waals surface area contributed by atoms with E-state index in [0.717, 1.165) is 25.4 Å². The Hall–Kier alpha value is -0.160. The molecule has 1 aliphatic heterocycles. The Kier molecular flexibility index (Phi) is 6.75. The summed E-state index contributed by atoms with van der Waals surface area (Å²) in [5.74, 6) is 1.48. The summed E-state index contributed by atoms with van der Waals surface area (Å²) >= 11 is 0. The zero-order valence-corrected chi connectivity index (χ0v) is 13.0. The van der Waals surface area contributed by atoms with E-state index in [1.807, 2.05) is 0 Å². The van der Waals surface area contributed by atoms with Gasteiger partial charge >= 0.3 is 0 Å². The first-order valence-corrected chi connectivity index (χ1v) is 8.27. The van der Waals surface area contributed by atoms with E-state index in [1.54, 1.807) is 0 Å². The van der Waals surface area contributed by atoms with Crippen LogP contribution in [0.2, 0.25) is 0 Å². The van der Waals surface area contributed by atoms with Crippen molar-refractivity contribution in [1.29, 1.82) is 0 Å². The molecule has 2 N–H and O–H groups in total. The van der Waals surface area contributed by atoms with Gasteiger partial charge in [0.25, 0.3) is 0 Å². The monoisotopic (exact) mass is 285 g/mol. The van der Waals surface area contributed by atoms with Crippen molar-refractivity contribution in [3.05, 3.63) is 0 Å². The summed E-state index contributed by atoms with van der Waals surface area (Å²) in [5, 5.41) is 13.5. The summed E-state index contributed by atoms with van der Waals surface area (Å²) < 4.78 is 11.0. The highest BCUT2D eigenvalue weighted by Gasteiger charge is 2.27. The molecule has 2 fully saturated rings. The molecule has 2 aliphatic rings. The van der Waals surface area contributed by atoms with Crippen LogP contribution in [0.25, 0.3) is 0 Å². The maximum absolute atomic E-state index is 9.98. The highest BCUT2D eigenvalue weighted by Crippen LogP contribution is 2.29. The second-order valence-corrected chi connectivity index (χ2v) is 6.61. The van der Waals surface area contributed by atoms with Crippen molar-refractivity contribution < 1.29 is 14.6 Å². The maximum atomic E-state index is 9.98. The van der Waals surface area contributed by atoms with E-state index in [-0.39, 0.29) is 6.10 Å². The van der Waals surface area contributed by atoms with E-state index in [2.05, 4.69) is 19.2 Å². The first kappa shape index (κ1) is 16.2. The van der Waals surface area contributed by atoms with Crippen LogP contribution in [-0.4, -0.2) is 49.7 Å². The first-order chi connectivity index (χ1) is 9.66. The molecule has 0 spiro atoms. The highest BCUT2D eigenvalue weighted by atomic mass is 16.5. The Morgan fingerprint density at radius 2 is 2.10 bits per heavy atom. The zero-order valence-electron chi connectivity index (χ0n) is 13.0. The fourth-order valence-corrected chi connectivity index (χ4v) is 3.33. The van der Waals surface area contributed by atoms with Crippen LogP contribution in [0, 0.1) is 11.8 Å². The third-order valence-electron chi connectivity index (χ3n) is 4.96. The van der Waals surface area contributed by atoms with E-state index < -0.39 is 6.10 Å². The molecule has 2 rings (SSSR count). The topological polar surface area (TPSA) is 50.7 Å². The smallest absolute Gasteiger partial charge is 0.0897 e. The molecule has 5 atom stereocenters. The molecule has 118 valence electrons. The molecule has 0 radical (unpaired) electrons. The van der Waals surface area contributed by atoms with Gasteiger partial charge in [-0.05, 0) is 31.1 Å². The Morgan fingerprint density at radius 1 is 1.25 bits per heavy atom. The van der Waals surface area contributed by atoms with Crippen LogP contribution in [0.4, 0.5) is 0 Å². The van der Waals surface area contributed by atoms with E-state index in [4.69, 9.17) is 9.47 Å². The average molecular weight is 285 g/mol. The molecule has 0 aromatic carbocycles. The Morgan fingerprint density at radius 3 is 2.85 bits per heavy atom. The van der Waals surface area contributed by atoms with Crippen molar-refractivity contribution in [3.8, 4) is 0 Å². The summed E-state index contributed by atoms with van der Waals surface area (Å²) in [4.78, 5) is 0. The van der Waals surface area contributed by atoms with E-state index >= 15 is 0 Å². The van der Waals surface area contributed by atoms with Crippen LogP contribution in [0.3, 0.4) is 0 Å². The molecule has 0 aromatic heterocycles. The molecule has 1 aliphatic carbocycles. The first-order valence-electron chi connectivity index (χ1n) is 8.27. The van der Waals surface area contributed by atoms with Gasteiger partial charge in [-0.3, -0.25) is 0 Å². The van der Waals surface area contributed by atoms with Crippen LogP contribution in [0.1, 0.15) is 46.0 Å². The second kappa shape index (κ2) is 8.32. The summed E-state index contributed by atoms with van der Waals surface area (Å²) in [6, 6.07) is 0.548. The third-order valence-corrected chi connectivity index (χ3v) is 4.96. The number of aliphatic hydroxyl groups is 1. The fraction of sp³-hybridized carbons (Fsp3) is 1.00. The Bertz CT molecular complexity index is 268. The minimum Gasteiger partial charge on any atom is -0.389 e. The quantitative estimate of drug-likeness (QED) is 0.751. The molecule has 5 unspecified atom stereocenters. The third kappa shape index (κ3) is 4.99. The van der Waals surface area contributed by atoms with Crippen molar-refractivity contribution >= 4 is 0 Å². The molecular formula is C16H31NO3. The second-order valence-electron chi connectivity index (χ2n) is 6.61. The number of hydrogen-bond donors (Lipinski definition) is 2. The van der Waals surface area contributed by atoms with Crippen LogP contribution < -0.4 is 5.32 Å². The number of aliphatic hydroxyl groups excluding tert-OH is 1. The predicted molar refractivity (Wildman–Crippen MR) is 79.8 cm³/mol. The van der Waals surface area contributed by atoms with Gasteiger partial charge in [-0.25, -0.2) is 0 Å². The standard InChI is InChI=1S/C16H31NO3/c1-12-5-3-7-16(13(12)2)17-9-14(18)10-19-11-15-6-4-8-20-15/h12-18H,3-11H2,1-2H3. The normalized spacial score (nSPS) is 36.1. The molecule has 20 heavy (non-hydrogen) atoms. The van der Waals surface area contributed by atoms with Gasteiger partial charge in [0.15, 0.2) is 0 Å². The van der Waals surface area contributed by atoms with Crippen LogP contribution in [-0.2, 0) is 9.47 Å². The largest absolute Gasteiger partial charge is 0.389 e. The summed E-state index contributed by atoms with van der Waals surface area (Å²) in [6.07, 6.45) is 5.92.